The minimum Gasteiger partial charge on any atom is -0.379 e. The third kappa shape index (κ3) is 5.40. The first-order chi connectivity index (χ1) is 13.0. The summed E-state index contributed by atoms with van der Waals surface area (Å²) >= 11 is 3.02. The summed E-state index contributed by atoms with van der Waals surface area (Å²) in [6, 6.07) is 0.0541. The molecule has 0 spiro atoms. The van der Waals surface area contributed by atoms with Crippen molar-refractivity contribution in [3.8, 4) is 0 Å². The van der Waals surface area contributed by atoms with Crippen molar-refractivity contribution in [3.05, 3.63) is 0 Å². The smallest absolute Gasteiger partial charge is 0.240 e. The number of fused-ring (bicyclic) bond motifs is 1. The Bertz CT molecular complexity index is 671. The van der Waals surface area contributed by atoms with E-state index in [0.29, 0.717) is 23.5 Å². The number of carbonyl (C=O) groups excluding carboxylic acids is 2. The number of nitrogens with one attached hydrogen (secondary N) is 2. The molecule has 1 aliphatic heterocycles. The maximum atomic E-state index is 12.4. The maximum Gasteiger partial charge on any atom is 0.240 e. The summed E-state index contributed by atoms with van der Waals surface area (Å²) < 4.78 is 6.47. The van der Waals surface area contributed by atoms with Crippen LogP contribution in [0.1, 0.15) is 26.7 Å². The topological polar surface area (TPSA) is 96.5 Å². The number of hydrogen-bond acceptors (Lipinski definition) is 8. The molecule has 1 aromatic heterocycles. The highest BCUT2D eigenvalue weighted by molar-refractivity contribution is 8.01. The van der Waals surface area contributed by atoms with Crippen LogP contribution in [-0.2, 0) is 14.3 Å². The number of hydrogen-bond donors (Lipinski definition) is 2. The zero-order valence-electron chi connectivity index (χ0n) is 15.9. The molecule has 0 bridgehead atoms. The molecule has 0 aromatic carbocycles. The number of rotatable bonds is 7. The lowest BCUT2D eigenvalue weighted by molar-refractivity contribution is -0.121. The Balaban J connectivity index is 1.51. The molecule has 2 amide bonds. The van der Waals surface area contributed by atoms with Gasteiger partial charge in [-0.05, 0) is 30.4 Å². The van der Waals surface area contributed by atoms with Gasteiger partial charge in [0.1, 0.15) is 0 Å². The van der Waals surface area contributed by atoms with Crippen LogP contribution < -0.4 is 10.6 Å². The first-order valence-corrected chi connectivity index (χ1v) is 11.1. The van der Waals surface area contributed by atoms with Gasteiger partial charge in [-0.15, -0.1) is 10.2 Å². The fourth-order valence-electron chi connectivity index (χ4n) is 4.12. The Morgan fingerprint density at radius 1 is 1.30 bits per heavy atom. The predicted molar refractivity (Wildman–Crippen MR) is 106 cm³/mol. The molecule has 1 saturated carbocycles. The number of thioether (sulfide) groups is 1. The van der Waals surface area contributed by atoms with Crippen molar-refractivity contribution in [2.24, 2.45) is 11.8 Å². The summed E-state index contributed by atoms with van der Waals surface area (Å²) in [6.45, 7) is 5.71. The summed E-state index contributed by atoms with van der Waals surface area (Å²) in [5, 5.41) is 14.5. The molecule has 2 aliphatic rings. The highest BCUT2D eigenvalue weighted by atomic mass is 32.2. The number of anilines is 1. The number of likely N-dealkylation sites (tertiary alicyclic amines) is 1. The van der Waals surface area contributed by atoms with Crippen LogP contribution in [0.5, 0.6) is 0 Å². The van der Waals surface area contributed by atoms with E-state index in [1.165, 1.54) is 11.3 Å². The molecule has 1 saturated heterocycles. The van der Waals surface area contributed by atoms with Gasteiger partial charge in [0.05, 0.1) is 18.7 Å². The molecule has 10 heteroatoms. The molecular weight excluding hydrogens is 386 g/mol. The molecule has 3 rings (SSSR count). The normalized spacial score (nSPS) is 28.0. The third-order valence-electron chi connectivity index (χ3n) is 5.17. The fourth-order valence-corrected chi connectivity index (χ4v) is 5.78. The van der Waals surface area contributed by atoms with Crippen molar-refractivity contribution in [1.29, 1.82) is 0 Å². The van der Waals surface area contributed by atoms with Gasteiger partial charge in [0.25, 0.3) is 0 Å². The van der Waals surface area contributed by atoms with Crippen molar-refractivity contribution in [1.82, 2.24) is 20.4 Å². The number of amides is 2. The minimum absolute atomic E-state index is 0.0209. The summed E-state index contributed by atoms with van der Waals surface area (Å²) in [7, 11) is 1.70. The van der Waals surface area contributed by atoms with Gasteiger partial charge in [0.15, 0.2) is 4.34 Å². The van der Waals surface area contributed by atoms with E-state index in [0.717, 1.165) is 36.0 Å². The first kappa shape index (κ1) is 20.5. The van der Waals surface area contributed by atoms with E-state index < -0.39 is 0 Å². The lowest BCUT2D eigenvalue weighted by Crippen LogP contribution is -2.49. The summed E-state index contributed by atoms with van der Waals surface area (Å²) in [5.74, 6) is 1.84. The number of ether oxygens (including phenoxy) is 1. The average molecular weight is 414 g/mol. The van der Waals surface area contributed by atoms with E-state index >= 15 is 0 Å². The van der Waals surface area contributed by atoms with Gasteiger partial charge >= 0.3 is 0 Å². The van der Waals surface area contributed by atoms with Crippen LogP contribution in [0.3, 0.4) is 0 Å². The van der Waals surface area contributed by atoms with Gasteiger partial charge in [-0.25, -0.2) is 0 Å². The van der Waals surface area contributed by atoms with Crippen LogP contribution in [-0.4, -0.2) is 71.6 Å². The molecule has 4 atom stereocenters. The summed E-state index contributed by atoms with van der Waals surface area (Å²) in [5.41, 5.74) is 0. The van der Waals surface area contributed by atoms with Crippen LogP contribution in [0.15, 0.2) is 4.34 Å². The molecular formula is C17H27N5O3S2. The van der Waals surface area contributed by atoms with Gasteiger partial charge in [-0.1, -0.05) is 30.0 Å². The monoisotopic (exact) mass is 413 g/mol. The van der Waals surface area contributed by atoms with Crippen LogP contribution in [0.25, 0.3) is 0 Å². The quantitative estimate of drug-likeness (QED) is 0.516. The van der Waals surface area contributed by atoms with Crippen molar-refractivity contribution in [3.63, 3.8) is 0 Å². The van der Waals surface area contributed by atoms with Gasteiger partial charge in [-0.2, -0.15) is 0 Å². The Hall–Kier alpha value is -1.23. The van der Waals surface area contributed by atoms with Crippen LogP contribution in [0.4, 0.5) is 5.13 Å². The highest BCUT2D eigenvalue weighted by Crippen LogP contribution is 2.37. The van der Waals surface area contributed by atoms with E-state index in [-0.39, 0.29) is 24.0 Å². The lowest BCUT2D eigenvalue weighted by atomic mass is 9.77. The number of carbonyl (C=O) groups is 2. The van der Waals surface area contributed by atoms with Crippen LogP contribution >= 0.6 is 23.1 Å². The van der Waals surface area contributed by atoms with Crippen molar-refractivity contribution < 1.29 is 14.3 Å². The zero-order valence-corrected chi connectivity index (χ0v) is 17.6. The van der Waals surface area contributed by atoms with E-state index in [9.17, 15) is 9.59 Å². The third-order valence-corrected chi connectivity index (χ3v) is 7.03. The van der Waals surface area contributed by atoms with Crippen molar-refractivity contribution >= 4 is 40.0 Å². The second-order valence-corrected chi connectivity index (χ2v) is 9.61. The van der Waals surface area contributed by atoms with E-state index in [1.807, 2.05) is 0 Å². The molecule has 2 N–H and O–H groups in total. The molecule has 1 aromatic rings. The van der Waals surface area contributed by atoms with E-state index in [4.69, 9.17) is 4.74 Å². The van der Waals surface area contributed by atoms with Crippen LogP contribution in [0.2, 0.25) is 0 Å². The van der Waals surface area contributed by atoms with Crippen molar-refractivity contribution in [2.75, 3.05) is 37.8 Å². The standard InChI is InChI=1S/C17H27N5O3S2/c1-4-26-17-21-20-16(27-17)19-15(24)9-22-7-11-5-13(18-10(2)23)14(25-3)6-12(11)8-22/h11-14H,4-9H2,1-3H3,(H,18,23)(H,19,20,24)/t11-,12+,13-,14-/m1/s1. The summed E-state index contributed by atoms with van der Waals surface area (Å²) in [4.78, 5) is 26.0. The predicted octanol–water partition coefficient (Wildman–Crippen LogP) is 1.45. The van der Waals surface area contributed by atoms with Crippen LogP contribution in [0, 0.1) is 11.8 Å². The Kier molecular flexibility index (Phi) is 7.07. The Labute approximate surface area is 167 Å². The molecule has 150 valence electrons. The average Bonchev–Trinajstić information content (AvgIpc) is 3.19. The van der Waals surface area contributed by atoms with Gasteiger partial charge in [0.2, 0.25) is 16.9 Å². The SMILES string of the molecule is CCSc1nnc(NC(=O)CN2C[C@H]3C[C@@H](NC(C)=O)[C@H](OC)C[C@H]3C2)s1. The second-order valence-electron chi connectivity index (χ2n) is 7.12. The second kappa shape index (κ2) is 9.31. The maximum absolute atomic E-state index is 12.4. The van der Waals surface area contributed by atoms with E-state index in [1.54, 1.807) is 25.8 Å². The zero-order chi connectivity index (χ0) is 19.4. The molecule has 0 unspecified atom stereocenters. The molecule has 27 heavy (non-hydrogen) atoms. The largest absolute Gasteiger partial charge is 0.379 e. The molecule has 0 radical (unpaired) electrons. The lowest BCUT2D eigenvalue weighted by Gasteiger charge is -2.37. The Morgan fingerprint density at radius 3 is 2.70 bits per heavy atom. The molecule has 8 nitrogen and oxygen atoms in total. The highest BCUT2D eigenvalue weighted by Gasteiger charge is 2.42. The first-order valence-electron chi connectivity index (χ1n) is 9.26. The summed E-state index contributed by atoms with van der Waals surface area (Å²) in [6.07, 6.45) is 1.85. The number of methoxy groups -OCH3 is 1. The van der Waals surface area contributed by atoms with E-state index in [2.05, 4.69) is 32.7 Å². The fraction of sp³-hybridized carbons (Fsp3) is 0.765. The number of nitrogens with zero attached hydrogens (tertiary/aromatic N) is 3. The Morgan fingerprint density at radius 2 is 2.04 bits per heavy atom. The van der Waals surface area contributed by atoms with Gasteiger partial charge in [0, 0.05) is 27.1 Å². The molecule has 1 aliphatic carbocycles. The number of aromatic nitrogens is 2. The molecule has 2 heterocycles. The molecule has 2 fully saturated rings. The minimum atomic E-state index is -0.0560. The van der Waals surface area contributed by atoms with Crippen molar-refractivity contribution in [2.45, 2.75) is 43.2 Å². The van der Waals surface area contributed by atoms with Gasteiger partial charge in [-0.3, -0.25) is 19.8 Å². The van der Waals surface area contributed by atoms with Gasteiger partial charge < -0.3 is 10.1 Å².